The standard InChI is InChI=1S/C22H32FN3O3/c1-16-5-6-17(13-18(16)23)14-20(27)26-10-4-7-22(21(28)24-9-12-29-3)8-11-25(2)15-19(22)26/h5-6,13,19H,4,7-12,14-15H2,1-3H3,(H,24,28)/t19-,22+/m0/s1. The summed E-state index contributed by atoms with van der Waals surface area (Å²) in [6.45, 7) is 4.79. The van der Waals surface area contributed by atoms with Crippen LogP contribution < -0.4 is 5.32 Å². The monoisotopic (exact) mass is 405 g/mol. The summed E-state index contributed by atoms with van der Waals surface area (Å²) < 4.78 is 19.0. The zero-order valence-electron chi connectivity index (χ0n) is 17.7. The largest absolute Gasteiger partial charge is 0.383 e. The molecule has 0 spiro atoms. The molecule has 2 saturated heterocycles. The lowest BCUT2D eigenvalue weighted by Crippen LogP contribution is -2.66. The number of ether oxygens (including phenoxy) is 1. The number of carbonyl (C=O) groups excluding carboxylic acids is 2. The fourth-order valence-corrected chi connectivity index (χ4v) is 4.67. The average molecular weight is 406 g/mol. The normalized spacial score (nSPS) is 24.8. The van der Waals surface area contributed by atoms with Crippen LogP contribution in [0.15, 0.2) is 18.2 Å². The molecule has 3 rings (SSSR count). The van der Waals surface area contributed by atoms with Gasteiger partial charge < -0.3 is 19.9 Å². The van der Waals surface area contributed by atoms with Gasteiger partial charge in [-0.3, -0.25) is 9.59 Å². The highest BCUT2D eigenvalue weighted by Gasteiger charge is 2.53. The van der Waals surface area contributed by atoms with E-state index in [1.54, 1.807) is 26.2 Å². The van der Waals surface area contributed by atoms with Crippen molar-refractivity contribution < 1.29 is 18.7 Å². The first-order valence-electron chi connectivity index (χ1n) is 10.4. The average Bonchev–Trinajstić information content (AvgIpc) is 2.70. The van der Waals surface area contributed by atoms with Crippen LogP contribution in [0.4, 0.5) is 4.39 Å². The van der Waals surface area contributed by atoms with E-state index in [4.69, 9.17) is 4.74 Å². The van der Waals surface area contributed by atoms with Gasteiger partial charge in [0.1, 0.15) is 5.82 Å². The smallest absolute Gasteiger partial charge is 0.228 e. The summed E-state index contributed by atoms with van der Waals surface area (Å²) in [7, 11) is 3.64. The number of carbonyl (C=O) groups is 2. The molecule has 2 heterocycles. The number of nitrogens with one attached hydrogen (secondary N) is 1. The SMILES string of the molecule is COCCNC(=O)[C@@]12CCCN(C(=O)Cc3ccc(C)c(F)c3)[C@H]1CN(C)CC2. The van der Waals surface area contributed by atoms with Crippen LogP contribution >= 0.6 is 0 Å². The Morgan fingerprint density at radius 2 is 2.10 bits per heavy atom. The zero-order chi connectivity index (χ0) is 21.0. The first kappa shape index (κ1) is 21.7. The topological polar surface area (TPSA) is 61.9 Å². The van der Waals surface area contributed by atoms with Crippen LogP contribution in [0.2, 0.25) is 0 Å². The van der Waals surface area contributed by atoms with Gasteiger partial charge in [-0.2, -0.15) is 0 Å². The van der Waals surface area contributed by atoms with E-state index in [0.29, 0.717) is 37.4 Å². The maximum atomic E-state index is 13.9. The lowest BCUT2D eigenvalue weighted by Gasteiger charge is -2.53. The molecule has 2 fully saturated rings. The second-order valence-corrected chi connectivity index (χ2v) is 8.38. The van der Waals surface area contributed by atoms with Crippen molar-refractivity contribution in [2.75, 3.05) is 46.9 Å². The van der Waals surface area contributed by atoms with Gasteiger partial charge >= 0.3 is 0 Å². The minimum absolute atomic E-state index is 0.0199. The van der Waals surface area contributed by atoms with Gasteiger partial charge in [-0.15, -0.1) is 0 Å². The molecule has 6 nitrogen and oxygen atoms in total. The number of hydrogen-bond donors (Lipinski definition) is 1. The zero-order valence-corrected chi connectivity index (χ0v) is 17.7. The van der Waals surface area contributed by atoms with Crippen LogP contribution in [-0.4, -0.2) is 74.6 Å². The quantitative estimate of drug-likeness (QED) is 0.733. The summed E-state index contributed by atoms with van der Waals surface area (Å²) in [4.78, 5) is 30.4. The molecule has 7 heteroatoms. The molecule has 0 radical (unpaired) electrons. The molecule has 0 saturated carbocycles. The second kappa shape index (κ2) is 9.22. The second-order valence-electron chi connectivity index (χ2n) is 8.38. The Balaban J connectivity index is 1.79. The van der Waals surface area contributed by atoms with E-state index in [2.05, 4.69) is 10.2 Å². The summed E-state index contributed by atoms with van der Waals surface area (Å²) >= 11 is 0. The molecule has 1 aromatic rings. The van der Waals surface area contributed by atoms with Gasteiger partial charge in [0.25, 0.3) is 0 Å². The molecule has 2 amide bonds. The van der Waals surface area contributed by atoms with Crippen molar-refractivity contribution in [3.63, 3.8) is 0 Å². The van der Waals surface area contributed by atoms with Gasteiger partial charge in [-0.25, -0.2) is 4.39 Å². The third-order valence-corrected chi connectivity index (χ3v) is 6.42. The molecule has 1 aromatic carbocycles. The van der Waals surface area contributed by atoms with Crippen molar-refractivity contribution in [3.8, 4) is 0 Å². The van der Waals surface area contributed by atoms with E-state index >= 15 is 0 Å². The van der Waals surface area contributed by atoms with Gasteiger partial charge in [-0.05, 0) is 57.0 Å². The highest BCUT2D eigenvalue weighted by atomic mass is 19.1. The fraction of sp³-hybridized carbons (Fsp3) is 0.636. The summed E-state index contributed by atoms with van der Waals surface area (Å²) in [5, 5.41) is 3.01. The Bertz CT molecular complexity index is 757. The molecule has 1 N–H and O–H groups in total. The number of rotatable bonds is 6. The van der Waals surface area contributed by atoms with Gasteiger partial charge in [-0.1, -0.05) is 12.1 Å². The van der Waals surface area contributed by atoms with Gasteiger partial charge in [0.2, 0.25) is 11.8 Å². The predicted molar refractivity (Wildman–Crippen MR) is 109 cm³/mol. The molecule has 29 heavy (non-hydrogen) atoms. The number of methoxy groups -OCH3 is 1. The Morgan fingerprint density at radius 3 is 2.83 bits per heavy atom. The highest BCUT2D eigenvalue weighted by molar-refractivity contribution is 5.86. The van der Waals surface area contributed by atoms with E-state index in [0.717, 1.165) is 25.8 Å². The van der Waals surface area contributed by atoms with Gasteiger partial charge in [0.05, 0.1) is 24.5 Å². The number of nitrogens with zero attached hydrogens (tertiary/aromatic N) is 2. The van der Waals surface area contributed by atoms with E-state index in [9.17, 15) is 14.0 Å². The highest BCUT2D eigenvalue weighted by Crippen LogP contribution is 2.42. The first-order valence-corrected chi connectivity index (χ1v) is 10.4. The van der Waals surface area contributed by atoms with Crippen LogP contribution in [-0.2, 0) is 20.7 Å². The summed E-state index contributed by atoms with van der Waals surface area (Å²) in [5.41, 5.74) is 0.676. The van der Waals surface area contributed by atoms with Crippen molar-refractivity contribution in [1.29, 1.82) is 0 Å². The summed E-state index contributed by atoms with van der Waals surface area (Å²) in [5.74, 6) is -0.313. The Kier molecular flexibility index (Phi) is 6.90. The Labute approximate surface area is 172 Å². The van der Waals surface area contributed by atoms with Crippen molar-refractivity contribution in [2.24, 2.45) is 5.41 Å². The molecule has 0 aromatic heterocycles. The first-order chi connectivity index (χ1) is 13.9. The van der Waals surface area contributed by atoms with E-state index < -0.39 is 5.41 Å². The van der Waals surface area contributed by atoms with Crippen LogP contribution in [0.1, 0.15) is 30.4 Å². The Hall–Kier alpha value is -1.99. The third-order valence-electron chi connectivity index (χ3n) is 6.42. The van der Waals surface area contributed by atoms with Crippen LogP contribution in [0.5, 0.6) is 0 Å². The van der Waals surface area contributed by atoms with Crippen molar-refractivity contribution in [2.45, 2.75) is 38.6 Å². The Morgan fingerprint density at radius 1 is 1.31 bits per heavy atom. The maximum absolute atomic E-state index is 13.9. The van der Waals surface area contributed by atoms with Crippen molar-refractivity contribution in [1.82, 2.24) is 15.1 Å². The molecule has 2 aliphatic heterocycles. The molecule has 2 aliphatic rings. The minimum Gasteiger partial charge on any atom is -0.383 e. The van der Waals surface area contributed by atoms with Crippen molar-refractivity contribution >= 4 is 11.8 Å². The van der Waals surface area contributed by atoms with Crippen LogP contribution in [0.3, 0.4) is 0 Å². The maximum Gasteiger partial charge on any atom is 0.228 e. The molecule has 160 valence electrons. The molecule has 0 aliphatic carbocycles. The van der Waals surface area contributed by atoms with E-state index in [1.165, 1.54) is 6.07 Å². The van der Waals surface area contributed by atoms with Crippen molar-refractivity contribution in [3.05, 3.63) is 35.1 Å². The molecular weight excluding hydrogens is 373 g/mol. The number of benzene rings is 1. The van der Waals surface area contributed by atoms with Crippen LogP contribution in [0, 0.1) is 18.2 Å². The van der Waals surface area contributed by atoms with E-state index in [1.807, 2.05) is 11.9 Å². The van der Waals surface area contributed by atoms with Gasteiger partial charge in [0.15, 0.2) is 0 Å². The molecular formula is C22H32FN3O3. The number of amides is 2. The lowest BCUT2D eigenvalue weighted by atomic mass is 9.67. The summed E-state index contributed by atoms with van der Waals surface area (Å²) in [6, 6.07) is 4.78. The molecule has 2 atom stereocenters. The third kappa shape index (κ3) is 4.61. The van der Waals surface area contributed by atoms with E-state index in [-0.39, 0.29) is 30.1 Å². The molecule has 0 unspecified atom stereocenters. The number of halogens is 1. The predicted octanol–water partition coefficient (Wildman–Crippen LogP) is 1.75. The minimum atomic E-state index is -0.563. The number of hydrogen-bond acceptors (Lipinski definition) is 4. The van der Waals surface area contributed by atoms with Crippen LogP contribution in [0.25, 0.3) is 0 Å². The van der Waals surface area contributed by atoms with Gasteiger partial charge in [0, 0.05) is 26.7 Å². The number of fused-ring (bicyclic) bond motifs is 1. The lowest BCUT2D eigenvalue weighted by molar-refractivity contribution is -0.153. The fourth-order valence-electron chi connectivity index (χ4n) is 4.67. The number of piperidine rings is 2. The number of likely N-dealkylation sites (tertiary alicyclic amines) is 2. The number of likely N-dealkylation sites (N-methyl/N-ethyl adjacent to an activating group) is 1. The summed E-state index contributed by atoms with van der Waals surface area (Å²) in [6.07, 6.45) is 2.47. The molecule has 0 bridgehead atoms. The number of aryl methyl sites for hydroxylation is 1.